The van der Waals surface area contributed by atoms with Crippen molar-refractivity contribution in [3.05, 3.63) is 29.3 Å². The van der Waals surface area contributed by atoms with E-state index in [2.05, 4.69) is 0 Å². The summed E-state index contributed by atoms with van der Waals surface area (Å²) in [6.45, 7) is 0.245. The van der Waals surface area contributed by atoms with Crippen molar-refractivity contribution in [2.45, 2.75) is 12.8 Å². The van der Waals surface area contributed by atoms with Crippen molar-refractivity contribution in [2.75, 3.05) is 6.61 Å². The van der Waals surface area contributed by atoms with Crippen molar-refractivity contribution in [1.82, 2.24) is 0 Å². The highest BCUT2D eigenvalue weighted by Crippen LogP contribution is 2.28. The number of fused-ring (bicyclic) bond motifs is 1. The first-order valence-corrected chi connectivity index (χ1v) is 4.21. The van der Waals surface area contributed by atoms with E-state index in [9.17, 15) is 5.11 Å². The van der Waals surface area contributed by atoms with Crippen LogP contribution in [-0.2, 0) is 12.8 Å². The molecule has 1 unspecified atom stereocenters. The number of hydrogen-bond donors (Lipinski definition) is 2. The molecule has 2 nitrogen and oxygen atoms in total. The SMILES string of the molecule is OCC1Cc2ccc(O)cc2C1. The van der Waals surface area contributed by atoms with E-state index in [0.29, 0.717) is 11.7 Å². The van der Waals surface area contributed by atoms with Crippen LogP contribution in [0.25, 0.3) is 0 Å². The van der Waals surface area contributed by atoms with E-state index in [1.165, 1.54) is 11.1 Å². The summed E-state index contributed by atoms with van der Waals surface area (Å²) >= 11 is 0. The second-order valence-electron chi connectivity index (χ2n) is 3.41. The van der Waals surface area contributed by atoms with E-state index >= 15 is 0 Å². The fraction of sp³-hybridized carbons (Fsp3) is 0.400. The Labute approximate surface area is 71.5 Å². The number of phenolic OH excluding ortho intramolecular Hbond substituents is 1. The molecule has 1 atom stereocenters. The molecule has 2 rings (SSSR count). The Balaban J connectivity index is 2.30. The molecule has 0 heterocycles. The molecule has 64 valence electrons. The van der Waals surface area contributed by atoms with Crippen molar-refractivity contribution in [3.63, 3.8) is 0 Å². The van der Waals surface area contributed by atoms with Gasteiger partial charge in [0.1, 0.15) is 5.75 Å². The zero-order valence-corrected chi connectivity index (χ0v) is 6.83. The van der Waals surface area contributed by atoms with Crippen LogP contribution in [0.1, 0.15) is 11.1 Å². The minimum absolute atomic E-state index is 0.245. The van der Waals surface area contributed by atoms with E-state index < -0.39 is 0 Å². The second kappa shape index (κ2) is 2.79. The summed E-state index contributed by atoms with van der Waals surface area (Å²) in [5.41, 5.74) is 2.46. The van der Waals surface area contributed by atoms with Gasteiger partial charge < -0.3 is 10.2 Å². The predicted molar refractivity (Wildman–Crippen MR) is 46.1 cm³/mol. The third-order valence-electron chi connectivity index (χ3n) is 2.47. The zero-order valence-electron chi connectivity index (χ0n) is 6.83. The standard InChI is InChI=1S/C10H12O2/c11-6-7-3-8-1-2-10(12)5-9(8)4-7/h1-2,5,7,11-12H,3-4,6H2. The van der Waals surface area contributed by atoms with Crippen LogP contribution in [0.5, 0.6) is 5.75 Å². The van der Waals surface area contributed by atoms with Gasteiger partial charge >= 0.3 is 0 Å². The fourth-order valence-electron chi connectivity index (χ4n) is 1.82. The van der Waals surface area contributed by atoms with Crippen LogP contribution in [0.2, 0.25) is 0 Å². The molecule has 1 aromatic carbocycles. The maximum Gasteiger partial charge on any atom is 0.115 e. The maximum absolute atomic E-state index is 9.19. The summed E-state index contributed by atoms with van der Waals surface area (Å²) in [5.74, 6) is 0.689. The maximum atomic E-state index is 9.19. The van der Waals surface area contributed by atoms with Crippen molar-refractivity contribution in [1.29, 1.82) is 0 Å². The molecule has 0 bridgehead atoms. The summed E-state index contributed by atoms with van der Waals surface area (Å²) in [6.07, 6.45) is 1.85. The summed E-state index contributed by atoms with van der Waals surface area (Å²) in [7, 11) is 0. The smallest absolute Gasteiger partial charge is 0.115 e. The summed E-state index contributed by atoms with van der Waals surface area (Å²) < 4.78 is 0. The van der Waals surface area contributed by atoms with Gasteiger partial charge in [0.05, 0.1) is 0 Å². The third kappa shape index (κ3) is 1.18. The number of aliphatic hydroxyl groups excluding tert-OH is 1. The van der Waals surface area contributed by atoms with Crippen LogP contribution in [0.3, 0.4) is 0 Å². The van der Waals surface area contributed by atoms with Crippen LogP contribution in [-0.4, -0.2) is 16.8 Å². The molecule has 0 spiro atoms. The van der Waals surface area contributed by atoms with Crippen molar-refractivity contribution in [3.8, 4) is 5.75 Å². The lowest BCUT2D eigenvalue weighted by atomic mass is 10.1. The average molecular weight is 164 g/mol. The Morgan fingerprint density at radius 1 is 1.25 bits per heavy atom. The fourth-order valence-corrected chi connectivity index (χ4v) is 1.82. The van der Waals surface area contributed by atoms with Gasteiger partial charge in [-0.3, -0.25) is 0 Å². The minimum atomic E-state index is 0.245. The van der Waals surface area contributed by atoms with Crippen LogP contribution in [0.15, 0.2) is 18.2 Å². The molecule has 0 amide bonds. The normalized spacial score (nSPS) is 20.9. The summed E-state index contributed by atoms with van der Waals surface area (Å²) in [6, 6.07) is 5.45. The molecule has 2 heteroatoms. The Hall–Kier alpha value is -1.02. The molecule has 0 saturated heterocycles. The van der Waals surface area contributed by atoms with Crippen molar-refractivity contribution in [2.24, 2.45) is 5.92 Å². The van der Waals surface area contributed by atoms with Gasteiger partial charge in [-0.05, 0) is 42.0 Å². The van der Waals surface area contributed by atoms with Crippen molar-refractivity contribution >= 4 is 0 Å². The van der Waals surface area contributed by atoms with Crippen LogP contribution >= 0.6 is 0 Å². The number of hydrogen-bond acceptors (Lipinski definition) is 2. The van der Waals surface area contributed by atoms with Gasteiger partial charge in [-0.2, -0.15) is 0 Å². The first-order valence-electron chi connectivity index (χ1n) is 4.21. The molecular weight excluding hydrogens is 152 g/mol. The summed E-state index contributed by atoms with van der Waals surface area (Å²) in [5, 5.41) is 18.1. The number of phenols is 1. The van der Waals surface area contributed by atoms with Gasteiger partial charge in [0.25, 0.3) is 0 Å². The molecule has 1 aromatic rings. The number of aliphatic hydroxyl groups is 1. The molecule has 2 N–H and O–H groups in total. The van der Waals surface area contributed by atoms with Crippen LogP contribution in [0, 0.1) is 5.92 Å². The molecule has 1 aliphatic carbocycles. The minimum Gasteiger partial charge on any atom is -0.508 e. The van der Waals surface area contributed by atoms with Gasteiger partial charge in [0, 0.05) is 6.61 Å². The lowest BCUT2D eigenvalue weighted by molar-refractivity contribution is 0.232. The van der Waals surface area contributed by atoms with Gasteiger partial charge in [0.15, 0.2) is 0 Å². The second-order valence-corrected chi connectivity index (χ2v) is 3.41. The van der Waals surface area contributed by atoms with Gasteiger partial charge in [-0.15, -0.1) is 0 Å². The van der Waals surface area contributed by atoms with Crippen molar-refractivity contribution < 1.29 is 10.2 Å². The lowest BCUT2D eigenvalue weighted by Gasteiger charge is -2.00. The third-order valence-corrected chi connectivity index (χ3v) is 2.47. The molecule has 0 aromatic heterocycles. The monoisotopic (exact) mass is 164 g/mol. The lowest BCUT2D eigenvalue weighted by Crippen LogP contribution is -2.04. The number of rotatable bonds is 1. The van der Waals surface area contributed by atoms with E-state index in [-0.39, 0.29) is 6.61 Å². The molecule has 0 saturated carbocycles. The highest BCUT2D eigenvalue weighted by atomic mass is 16.3. The molecule has 1 aliphatic rings. The Morgan fingerprint density at radius 2 is 2.00 bits per heavy atom. The Bertz CT molecular complexity index is 294. The van der Waals surface area contributed by atoms with Gasteiger partial charge in [-0.1, -0.05) is 6.07 Å². The zero-order chi connectivity index (χ0) is 8.55. The molecule has 0 aliphatic heterocycles. The Kier molecular flexibility index (Phi) is 1.77. The highest BCUT2D eigenvalue weighted by Gasteiger charge is 2.20. The van der Waals surface area contributed by atoms with E-state index in [1.54, 1.807) is 12.1 Å². The molecule has 0 fully saturated rings. The first-order chi connectivity index (χ1) is 5.79. The van der Waals surface area contributed by atoms with E-state index in [4.69, 9.17) is 5.11 Å². The van der Waals surface area contributed by atoms with E-state index in [0.717, 1.165) is 12.8 Å². The Morgan fingerprint density at radius 3 is 2.75 bits per heavy atom. The summed E-state index contributed by atoms with van der Waals surface area (Å²) in [4.78, 5) is 0. The van der Waals surface area contributed by atoms with Gasteiger partial charge in [0.2, 0.25) is 0 Å². The predicted octanol–water partition coefficient (Wildman–Crippen LogP) is 1.10. The molecule has 12 heavy (non-hydrogen) atoms. The molecule has 0 radical (unpaired) electrons. The quantitative estimate of drug-likeness (QED) is 0.652. The van der Waals surface area contributed by atoms with Crippen LogP contribution < -0.4 is 0 Å². The number of benzene rings is 1. The average Bonchev–Trinajstić information content (AvgIpc) is 2.46. The van der Waals surface area contributed by atoms with Crippen LogP contribution in [0.4, 0.5) is 0 Å². The topological polar surface area (TPSA) is 40.5 Å². The highest BCUT2D eigenvalue weighted by molar-refractivity contribution is 5.38. The van der Waals surface area contributed by atoms with Gasteiger partial charge in [-0.25, -0.2) is 0 Å². The first kappa shape index (κ1) is 7.62. The molecular formula is C10H12O2. The van der Waals surface area contributed by atoms with E-state index in [1.807, 2.05) is 6.07 Å². The largest absolute Gasteiger partial charge is 0.508 e. The number of aromatic hydroxyl groups is 1.